The van der Waals surface area contributed by atoms with Crippen LogP contribution in [0.25, 0.3) is 0 Å². The summed E-state index contributed by atoms with van der Waals surface area (Å²) in [6, 6.07) is 0. The van der Waals surface area contributed by atoms with Gasteiger partial charge in [-0.2, -0.15) is 0 Å². The van der Waals surface area contributed by atoms with Crippen molar-refractivity contribution in [3.05, 3.63) is 0 Å². The van der Waals surface area contributed by atoms with Gasteiger partial charge in [-0.3, -0.25) is 13.9 Å². The van der Waals surface area contributed by atoms with Crippen LogP contribution in [0.5, 0.6) is 0 Å². The predicted molar refractivity (Wildman–Crippen MR) is 62.1 cm³/mol. The summed E-state index contributed by atoms with van der Waals surface area (Å²) >= 11 is 0. The second-order valence-corrected chi connectivity index (χ2v) is 8.34. The highest BCUT2D eigenvalue weighted by Gasteiger charge is 2.65. The normalized spacial score (nSPS) is 39.8. The minimum Gasteiger partial charge on any atom is -0.299 e. The largest absolute Gasteiger partial charge is 0.299 e. The first-order chi connectivity index (χ1) is 6.69. The van der Waals surface area contributed by atoms with Gasteiger partial charge in [0.25, 0.3) is 0 Å². The van der Waals surface area contributed by atoms with Gasteiger partial charge in [0.2, 0.25) is 0 Å². The maximum atomic E-state index is 12.0. The molecule has 0 aromatic carbocycles. The fourth-order valence-corrected chi connectivity index (χ4v) is 5.28. The smallest absolute Gasteiger partial charge is 0.141 e. The Kier molecular flexibility index (Phi) is 2.44. The van der Waals surface area contributed by atoms with Gasteiger partial charge in [0.05, 0.1) is 11.2 Å². The summed E-state index contributed by atoms with van der Waals surface area (Å²) < 4.78 is 18.8. The van der Waals surface area contributed by atoms with E-state index in [-0.39, 0.29) is 17.0 Å². The number of carbonyl (C=O) groups is 1. The van der Waals surface area contributed by atoms with Crippen molar-refractivity contribution in [1.29, 1.82) is 0 Å². The third kappa shape index (κ3) is 1.54. The molecule has 0 heterocycles. The Balaban J connectivity index is 2.36. The van der Waals surface area contributed by atoms with Crippen molar-refractivity contribution in [2.75, 3.05) is 5.75 Å². The summed E-state index contributed by atoms with van der Waals surface area (Å²) in [7, 11) is 2.43. The van der Waals surface area contributed by atoms with Crippen molar-refractivity contribution < 1.29 is 13.9 Å². The molecule has 0 saturated heterocycles. The minimum absolute atomic E-state index is 0.0316. The van der Waals surface area contributed by atoms with E-state index < -0.39 is 15.2 Å². The summed E-state index contributed by atoms with van der Waals surface area (Å²) in [5.41, 5.74) is -0.721. The van der Waals surface area contributed by atoms with Crippen LogP contribution in [0.4, 0.5) is 0 Å². The van der Waals surface area contributed by atoms with Gasteiger partial charge < -0.3 is 0 Å². The number of ketones is 1. The van der Waals surface area contributed by atoms with Crippen LogP contribution in [-0.4, -0.2) is 20.6 Å². The zero-order chi connectivity index (χ0) is 11.5. The quantitative estimate of drug-likeness (QED) is 0.793. The monoisotopic (exact) mass is 252 g/mol. The molecule has 0 aromatic rings. The molecule has 2 atom stereocenters. The average molecular weight is 253 g/mol. The maximum absolute atomic E-state index is 12.0. The Hall–Kier alpha value is 0.230. The van der Waals surface area contributed by atoms with Crippen molar-refractivity contribution in [2.45, 2.75) is 33.1 Å². The summed E-state index contributed by atoms with van der Waals surface area (Å²) in [6.45, 7) is 4.11. The number of Topliss-reactive ketones (excluding diaryl/α,β-unsaturated/α-hetero) is 1. The first kappa shape index (κ1) is 11.7. The Morgan fingerprint density at radius 1 is 1.53 bits per heavy atom. The second-order valence-electron chi connectivity index (χ2n) is 5.40. The minimum atomic E-state index is -3.10. The van der Waals surface area contributed by atoms with Crippen molar-refractivity contribution in [3.63, 3.8) is 0 Å². The molecule has 3 nitrogen and oxygen atoms in total. The van der Waals surface area contributed by atoms with Gasteiger partial charge >= 0.3 is 0 Å². The lowest BCUT2D eigenvalue weighted by Crippen LogP contribution is -2.40. The molecule has 2 aliphatic rings. The van der Waals surface area contributed by atoms with Gasteiger partial charge in [0.1, 0.15) is 5.78 Å². The van der Waals surface area contributed by atoms with Gasteiger partial charge in [0, 0.05) is 17.1 Å². The van der Waals surface area contributed by atoms with Crippen LogP contribution in [0.3, 0.4) is 0 Å². The first-order valence-corrected chi connectivity index (χ1v) is 7.72. The van der Waals surface area contributed by atoms with E-state index in [0.29, 0.717) is 12.3 Å². The second kappa shape index (κ2) is 3.13. The number of carbonyl (C=O) groups excluding carboxylic acids is 1. The third-order valence-corrected chi connectivity index (χ3v) is 5.76. The molecule has 2 fully saturated rings. The summed E-state index contributed by atoms with van der Waals surface area (Å²) in [5.74, 6) is 0.594. The standard InChI is InChI=1S/C10H17ClO3S/c1-9(2)7-3-4-10(9,8(12)5-7)6-15(11,13)14/h7,13-14H,3-6H2,1-2H3. The zero-order valence-corrected chi connectivity index (χ0v) is 10.6. The van der Waals surface area contributed by atoms with Gasteiger partial charge in [-0.05, 0) is 24.2 Å². The molecule has 2 N–H and O–H groups in total. The molecule has 2 aliphatic carbocycles. The molecule has 2 unspecified atom stereocenters. The fraction of sp³-hybridized carbons (Fsp3) is 0.900. The van der Waals surface area contributed by atoms with Gasteiger partial charge in [-0.15, -0.1) is 9.80 Å². The molecule has 0 spiro atoms. The Bertz CT molecular complexity index is 310. The maximum Gasteiger partial charge on any atom is 0.141 e. The lowest BCUT2D eigenvalue weighted by Gasteiger charge is -2.41. The SMILES string of the molecule is CC1(C)C2CCC1(CS(O)(O)Cl)C(=O)C2. The van der Waals surface area contributed by atoms with Crippen molar-refractivity contribution in [1.82, 2.24) is 0 Å². The Morgan fingerprint density at radius 2 is 2.13 bits per heavy atom. The molecule has 2 saturated carbocycles. The van der Waals surface area contributed by atoms with E-state index in [2.05, 4.69) is 13.8 Å². The van der Waals surface area contributed by atoms with Crippen LogP contribution in [-0.2, 0) is 4.79 Å². The number of halogens is 1. The molecule has 88 valence electrons. The van der Waals surface area contributed by atoms with Crippen molar-refractivity contribution in [3.8, 4) is 0 Å². The Labute approximate surface area is 96.0 Å². The number of rotatable bonds is 2. The lowest BCUT2D eigenvalue weighted by atomic mass is 9.70. The van der Waals surface area contributed by atoms with Crippen LogP contribution in [0.2, 0.25) is 0 Å². The number of fused-ring (bicyclic) bond motifs is 2. The highest BCUT2D eigenvalue weighted by atomic mass is 35.7. The van der Waals surface area contributed by atoms with E-state index >= 15 is 0 Å². The molecular formula is C10H17ClO3S. The molecule has 0 amide bonds. The molecule has 15 heavy (non-hydrogen) atoms. The van der Waals surface area contributed by atoms with Crippen LogP contribution in [0.1, 0.15) is 33.1 Å². The van der Waals surface area contributed by atoms with E-state index in [1.165, 1.54) is 0 Å². The molecule has 0 radical (unpaired) electrons. The molecule has 2 rings (SSSR count). The van der Waals surface area contributed by atoms with E-state index in [1.54, 1.807) is 0 Å². The molecule has 0 aliphatic heterocycles. The lowest BCUT2D eigenvalue weighted by molar-refractivity contribution is -0.128. The summed E-state index contributed by atoms with van der Waals surface area (Å²) in [4.78, 5) is 12.0. The zero-order valence-electron chi connectivity index (χ0n) is 8.99. The van der Waals surface area contributed by atoms with Gasteiger partial charge in [-0.25, -0.2) is 0 Å². The van der Waals surface area contributed by atoms with Crippen molar-refractivity contribution >= 4 is 26.3 Å². The first-order valence-electron chi connectivity index (χ1n) is 5.18. The highest BCUT2D eigenvalue weighted by molar-refractivity contribution is 8.43. The van der Waals surface area contributed by atoms with E-state index in [9.17, 15) is 13.9 Å². The van der Waals surface area contributed by atoms with Crippen LogP contribution < -0.4 is 0 Å². The van der Waals surface area contributed by atoms with E-state index in [4.69, 9.17) is 10.7 Å². The predicted octanol–water partition coefficient (Wildman–Crippen LogP) is 3.29. The van der Waals surface area contributed by atoms with Crippen LogP contribution in [0.15, 0.2) is 0 Å². The van der Waals surface area contributed by atoms with E-state index in [1.807, 2.05) is 0 Å². The molecular weight excluding hydrogens is 236 g/mol. The van der Waals surface area contributed by atoms with Crippen LogP contribution >= 0.6 is 20.5 Å². The van der Waals surface area contributed by atoms with Crippen molar-refractivity contribution in [2.24, 2.45) is 16.7 Å². The third-order valence-electron chi connectivity index (χ3n) is 4.57. The Morgan fingerprint density at radius 3 is 2.47 bits per heavy atom. The molecule has 0 aromatic heterocycles. The summed E-state index contributed by atoms with van der Waals surface area (Å²) in [6.07, 6.45) is 2.34. The number of hydrogen-bond acceptors (Lipinski definition) is 3. The van der Waals surface area contributed by atoms with Gasteiger partial charge in [-0.1, -0.05) is 13.8 Å². The number of hydrogen-bond donors (Lipinski definition) is 2. The highest BCUT2D eigenvalue weighted by Crippen LogP contribution is 2.68. The summed E-state index contributed by atoms with van der Waals surface area (Å²) in [5, 5.41) is 0. The average Bonchev–Trinajstić information content (AvgIpc) is 2.34. The van der Waals surface area contributed by atoms with Gasteiger partial charge in [0.15, 0.2) is 0 Å². The molecule has 5 heteroatoms. The fourth-order valence-electron chi connectivity index (χ4n) is 3.42. The van der Waals surface area contributed by atoms with E-state index in [0.717, 1.165) is 12.8 Å². The topological polar surface area (TPSA) is 57.5 Å². The van der Waals surface area contributed by atoms with Crippen LogP contribution in [0, 0.1) is 16.7 Å². The molecule has 2 bridgehead atoms.